The van der Waals surface area contributed by atoms with Crippen LogP contribution in [-0.2, 0) is 14.3 Å². The SMILES string of the molecule is CC(C)C1Oc2ccccc2S(=O)(=O)O1. The predicted octanol–water partition coefficient (Wildman–Crippen LogP) is 1.77. The molecule has 4 nitrogen and oxygen atoms in total. The molecule has 0 amide bonds. The normalized spacial score (nSPS) is 23.3. The third kappa shape index (κ3) is 1.85. The minimum atomic E-state index is -3.66. The fraction of sp³-hybridized carbons (Fsp3) is 0.400. The van der Waals surface area contributed by atoms with Gasteiger partial charge in [-0.3, -0.25) is 0 Å². The van der Waals surface area contributed by atoms with Crippen LogP contribution in [0.4, 0.5) is 0 Å². The van der Waals surface area contributed by atoms with Crippen molar-refractivity contribution in [3.05, 3.63) is 24.3 Å². The van der Waals surface area contributed by atoms with Gasteiger partial charge >= 0.3 is 10.1 Å². The molecule has 1 aliphatic heterocycles. The molecule has 0 spiro atoms. The van der Waals surface area contributed by atoms with Crippen LogP contribution in [0.5, 0.6) is 5.75 Å². The zero-order valence-corrected chi connectivity index (χ0v) is 9.32. The molecule has 1 aromatic rings. The lowest BCUT2D eigenvalue weighted by molar-refractivity contribution is -0.0362. The smallest absolute Gasteiger partial charge is 0.303 e. The molecule has 1 unspecified atom stereocenters. The van der Waals surface area contributed by atoms with Gasteiger partial charge in [0, 0.05) is 5.92 Å². The number of rotatable bonds is 1. The number of hydrogen-bond acceptors (Lipinski definition) is 4. The van der Waals surface area contributed by atoms with E-state index in [1.165, 1.54) is 6.07 Å². The predicted molar refractivity (Wildman–Crippen MR) is 54.0 cm³/mol. The summed E-state index contributed by atoms with van der Waals surface area (Å²) < 4.78 is 33.7. The molecule has 0 aliphatic carbocycles. The van der Waals surface area contributed by atoms with Gasteiger partial charge in [-0.05, 0) is 12.1 Å². The van der Waals surface area contributed by atoms with Crippen LogP contribution >= 0.6 is 0 Å². The second kappa shape index (κ2) is 3.50. The minimum absolute atomic E-state index is 0.0202. The molecule has 0 radical (unpaired) electrons. The Morgan fingerprint density at radius 2 is 1.93 bits per heavy atom. The Morgan fingerprint density at radius 3 is 2.60 bits per heavy atom. The molecule has 15 heavy (non-hydrogen) atoms. The van der Waals surface area contributed by atoms with Gasteiger partial charge in [-0.15, -0.1) is 0 Å². The van der Waals surface area contributed by atoms with Crippen molar-refractivity contribution >= 4 is 10.1 Å². The summed E-state index contributed by atoms with van der Waals surface area (Å²) >= 11 is 0. The van der Waals surface area contributed by atoms with E-state index in [1.54, 1.807) is 18.2 Å². The quantitative estimate of drug-likeness (QED) is 0.687. The molecule has 0 saturated heterocycles. The van der Waals surface area contributed by atoms with Gasteiger partial charge in [0.15, 0.2) is 0 Å². The lowest BCUT2D eigenvalue weighted by Gasteiger charge is -2.27. The summed E-state index contributed by atoms with van der Waals surface area (Å²) in [7, 11) is -3.66. The van der Waals surface area contributed by atoms with Gasteiger partial charge in [0.05, 0.1) is 0 Å². The molecule has 1 aliphatic rings. The van der Waals surface area contributed by atoms with Crippen LogP contribution in [0, 0.1) is 5.92 Å². The van der Waals surface area contributed by atoms with Crippen molar-refractivity contribution in [2.45, 2.75) is 25.0 Å². The van der Waals surface area contributed by atoms with Crippen molar-refractivity contribution in [2.24, 2.45) is 5.92 Å². The van der Waals surface area contributed by atoms with Gasteiger partial charge in [-0.2, -0.15) is 8.42 Å². The second-order valence-corrected chi connectivity index (χ2v) is 5.27. The lowest BCUT2D eigenvalue weighted by Crippen LogP contribution is -2.33. The summed E-state index contributed by atoms with van der Waals surface area (Å²) in [6.45, 7) is 3.68. The number of hydrogen-bond donors (Lipinski definition) is 0. The van der Waals surface area contributed by atoms with Crippen molar-refractivity contribution in [1.29, 1.82) is 0 Å². The van der Waals surface area contributed by atoms with Gasteiger partial charge in [0.25, 0.3) is 0 Å². The number of benzene rings is 1. The van der Waals surface area contributed by atoms with E-state index in [4.69, 9.17) is 8.92 Å². The Balaban J connectivity index is 2.49. The summed E-state index contributed by atoms with van der Waals surface area (Å²) in [5.41, 5.74) is 0. The first-order chi connectivity index (χ1) is 7.00. The first kappa shape index (κ1) is 10.4. The van der Waals surface area contributed by atoms with Crippen LogP contribution in [-0.4, -0.2) is 14.7 Å². The van der Waals surface area contributed by atoms with Crippen LogP contribution in [0.1, 0.15) is 13.8 Å². The fourth-order valence-electron chi connectivity index (χ4n) is 1.32. The molecule has 0 aromatic heterocycles. The highest BCUT2D eigenvalue weighted by Crippen LogP contribution is 2.33. The van der Waals surface area contributed by atoms with E-state index in [2.05, 4.69) is 0 Å². The number of fused-ring (bicyclic) bond motifs is 1. The third-order valence-electron chi connectivity index (χ3n) is 2.13. The van der Waals surface area contributed by atoms with Crippen molar-refractivity contribution in [2.75, 3.05) is 0 Å². The molecule has 0 fully saturated rings. The fourth-order valence-corrected chi connectivity index (χ4v) is 2.55. The van der Waals surface area contributed by atoms with Gasteiger partial charge < -0.3 is 4.74 Å². The van der Waals surface area contributed by atoms with Crippen LogP contribution < -0.4 is 4.74 Å². The zero-order chi connectivity index (χ0) is 11.1. The summed E-state index contributed by atoms with van der Waals surface area (Å²) in [4.78, 5) is 0.0990. The number of ether oxygens (including phenoxy) is 1. The highest BCUT2D eigenvalue weighted by Gasteiger charge is 2.33. The lowest BCUT2D eigenvalue weighted by atomic mass is 10.2. The Morgan fingerprint density at radius 1 is 1.27 bits per heavy atom. The molecule has 82 valence electrons. The minimum Gasteiger partial charge on any atom is -0.462 e. The molecule has 1 aromatic carbocycles. The Labute approximate surface area is 88.9 Å². The summed E-state index contributed by atoms with van der Waals surface area (Å²) in [5.74, 6) is 0.343. The summed E-state index contributed by atoms with van der Waals surface area (Å²) in [6.07, 6.45) is -0.732. The highest BCUT2D eigenvalue weighted by molar-refractivity contribution is 7.87. The van der Waals surface area contributed by atoms with Crippen molar-refractivity contribution in [3.63, 3.8) is 0 Å². The van der Waals surface area contributed by atoms with Gasteiger partial charge in [0.1, 0.15) is 10.6 Å². The molecule has 5 heteroatoms. The monoisotopic (exact) mass is 228 g/mol. The van der Waals surface area contributed by atoms with Crippen LogP contribution in [0.25, 0.3) is 0 Å². The zero-order valence-electron chi connectivity index (χ0n) is 8.51. The van der Waals surface area contributed by atoms with E-state index in [1.807, 2.05) is 13.8 Å². The third-order valence-corrected chi connectivity index (χ3v) is 3.45. The topological polar surface area (TPSA) is 52.6 Å². The van der Waals surface area contributed by atoms with Crippen molar-refractivity contribution < 1.29 is 17.3 Å². The molecule has 2 rings (SSSR count). The molecule has 0 saturated carbocycles. The molecular weight excluding hydrogens is 216 g/mol. The van der Waals surface area contributed by atoms with E-state index in [0.717, 1.165) is 0 Å². The first-order valence-corrected chi connectivity index (χ1v) is 6.10. The Bertz CT molecular complexity index is 464. The van der Waals surface area contributed by atoms with E-state index >= 15 is 0 Å². The Kier molecular flexibility index (Phi) is 2.44. The average molecular weight is 228 g/mol. The van der Waals surface area contributed by atoms with Crippen LogP contribution in [0.15, 0.2) is 29.2 Å². The number of para-hydroxylation sites is 1. The van der Waals surface area contributed by atoms with Gasteiger partial charge in [-0.1, -0.05) is 26.0 Å². The maximum Gasteiger partial charge on any atom is 0.303 e. The maximum atomic E-state index is 11.7. The largest absolute Gasteiger partial charge is 0.462 e. The van der Waals surface area contributed by atoms with E-state index in [-0.39, 0.29) is 10.8 Å². The average Bonchev–Trinajstić information content (AvgIpc) is 2.16. The van der Waals surface area contributed by atoms with Crippen molar-refractivity contribution in [3.8, 4) is 5.75 Å². The molecule has 0 N–H and O–H groups in total. The Hall–Kier alpha value is -1.07. The first-order valence-electron chi connectivity index (χ1n) is 4.70. The molecule has 1 atom stereocenters. The molecular formula is C10H12O4S. The van der Waals surface area contributed by atoms with Crippen molar-refractivity contribution in [1.82, 2.24) is 0 Å². The van der Waals surface area contributed by atoms with E-state index < -0.39 is 16.4 Å². The standard InChI is InChI=1S/C10H12O4S/c1-7(2)10-13-8-5-3-4-6-9(8)15(11,12)14-10/h3-7,10H,1-2H3. The molecule has 1 heterocycles. The maximum absolute atomic E-state index is 11.7. The van der Waals surface area contributed by atoms with Crippen LogP contribution in [0.3, 0.4) is 0 Å². The summed E-state index contributed by atoms with van der Waals surface area (Å²) in [6, 6.07) is 6.47. The van der Waals surface area contributed by atoms with Crippen LogP contribution in [0.2, 0.25) is 0 Å². The highest BCUT2D eigenvalue weighted by atomic mass is 32.2. The van der Waals surface area contributed by atoms with E-state index in [9.17, 15) is 8.42 Å². The van der Waals surface area contributed by atoms with Gasteiger partial charge in [0.2, 0.25) is 6.29 Å². The van der Waals surface area contributed by atoms with Gasteiger partial charge in [-0.25, -0.2) is 4.18 Å². The molecule has 0 bridgehead atoms. The summed E-state index contributed by atoms with van der Waals surface area (Å²) in [5, 5.41) is 0. The van der Waals surface area contributed by atoms with E-state index in [0.29, 0.717) is 5.75 Å². The second-order valence-electron chi connectivity index (χ2n) is 3.73.